The van der Waals surface area contributed by atoms with E-state index in [1.54, 1.807) is 5.92 Å². The fourth-order valence-corrected chi connectivity index (χ4v) is 4.38. The average Bonchev–Trinajstić information content (AvgIpc) is 2.33. The monoisotopic (exact) mass is 287 g/mol. The molecule has 0 aromatic rings. The van der Waals surface area contributed by atoms with Crippen molar-refractivity contribution in [2.75, 3.05) is 19.3 Å². The van der Waals surface area contributed by atoms with Crippen LogP contribution in [0.4, 0.5) is 0 Å². The van der Waals surface area contributed by atoms with Crippen molar-refractivity contribution >= 4 is 11.8 Å². The zero-order valence-electron chi connectivity index (χ0n) is 9.55. The molecule has 0 amide bonds. The molecule has 0 aromatic carbocycles. The van der Waals surface area contributed by atoms with Crippen LogP contribution in [0, 0.1) is 5.92 Å². The molecule has 0 aromatic heterocycles. The molecule has 14 heavy (non-hydrogen) atoms. The Labute approximate surface area is 118 Å². The summed E-state index contributed by atoms with van der Waals surface area (Å²) < 4.78 is 0.534. The summed E-state index contributed by atoms with van der Waals surface area (Å²) in [7, 11) is 2.26. The molecule has 2 rings (SSSR count). The van der Waals surface area contributed by atoms with Gasteiger partial charge in [0, 0.05) is 0 Å². The van der Waals surface area contributed by atoms with E-state index < -0.39 is 0 Å². The fourth-order valence-electron chi connectivity index (χ4n) is 2.66. The number of hydrogen-bond donors (Lipinski definition) is 0. The molecular formula is C11H20NSY+2. The maximum Gasteiger partial charge on any atom is 3.00 e. The van der Waals surface area contributed by atoms with Crippen LogP contribution >= 0.6 is 11.8 Å². The second-order valence-electron chi connectivity index (χ2n) is 4.57. The standard InChI is InChI=1S/C11H20NS.Y/c1-9-10(2)12(3)8-11(9)6-4-5-7-13-11;/h10H,4-8H2,1-3H3;/q-1;+3. The molecule has 0 bridgehead atoms. The topological polar surface area (TPSA) is 3.24 Å². The molecule has 2 fully saturated rings. The van der Waals surface area contributed by atoms with Crippen LogP contribution in [-0.2, 0) is 32.7 Å². The van der Waals surface area contributed by atoms with Crippen molar-refractivity contribution in [2.45, 2.75) is 43.9 Å². The minimum Gasteiger partial charge on any atom is -0.334 e. The molecule has 2 aliphatic heterocycles. The molecule has 1 spiro atoms. The summed E-state index contributed by atoms with van der Waals surface area (Å²) in [5.41, 5.74) is 0. The number of thioether (sulfide) groups is 1. The van der Waals surface area contributed by atoms with Crippen molar-refractivity contribution in [2.24, 2.45) is 0 Å². The first kappa shape index (κ1) is 13.5. The molecule has 2 unspecified atom stereocenters. The van der Waals surface area contributed by atoms with Crippen molar-refractivity contribution < 1.29 is 32.7 Å². The number of nitrogens with zero attached hydrogens (tertiary/aromatic N) is 1. The van der Waals surface area contributed by atoms with Crippen LogP contribution in [0.15, 0.2) is 0 Å². The second-order valence-corrected chi connectivity index (χ2v) is 6.05. The van der Waals surface area contributed by atoms with E-state index in [-0.39, 0.29) is 32.7 Å². The minimum atomic E-state index is 0. The van der Waals surface area contributed by atoms with Crippen molar-refractivity contribution in [1.82, 2.24) is 4.90 Å². The van der Waals surface area contributed by atoms with Crippen molar-refractivity contribution in [1.29, 1.82) is 0 Å². The third-order valence-electron chi connectivity index (χ3n) is 3.86. The Morgan fingerprint density at radius 2 is 2.14 bits per heavy atom. The van der Waals surface area contributed by atoms with E-state index in [9.17, 15) is 0 Å². The van der Waals surface area contributed by atoms with Gasteiger partial charge in [-0.15, -0.1) is 6.04 Å². The van der Waals surface area contributed by atoms with Gasteiger partial charge in [-0.3, -0.25) is 5.92 Å². The number of hydrogen-bond acceptors (Lipinski definition) is 2. The molecule has 2 atom stereocenters. The maximum absolute atomic E-state index is 2.51. The summed E-state index contributed by atoms with van der Waals surface area (Å²) in [6, 6.07) is 0.700. The SMILES string of the molecule is C[C-]1C(C)N(C)CC12CCCCS2.[Y+3]. The van der Waals surface area contributed by atoms with Gasteiger partial charge in [-0.05, 0) is 25.8 Å². The number of rotatable bonds is 0. The summed E-state index contributed by atoms with van der Waals surface area (Å²) in [5, 5.41) is 0. The Balaban J connectivity index is 0.000000980. The molecule has 76 valence electrons. The van der Waals surface area contributed by atoms with E-state index in [4.69, 9.17) is 0 Å². The van der Waals surface area contributed by atoms with Gasteiger partial charge in [-0.1, -0.05) is 24.5 Å². The van der Waals surface area contributed by atoms with Gasteiger partial charge in [0.05, 0.1) is 0 Å². The summed E-state index contributed by atoms with van der Waals surface area (Å²) >= 11 is 2.21. The summed E-state index contributed by atoms with van der Waals surface area (Å²) in [5.74, 6) is 3.09. The third-order valence-corrected chi connectivity index (χ3v) is 5.57. The van der Waals surface area contributed by atoms with Crippen molar-refractivity contribution in [3.05, 3.63) is 5.92 Å². The van der Waals surface area contributed by atoms with Gasteiger partial charge < -0.3 is 4.90 Å². The first-order valence-electron chi connectivity index (χ1n) is 5.34. The zero-order chi connectivity index (χ0) is 9.47. The van der Waals surface area contributed by atoms with Crippen LogP contribution < -0.4 is 0 Å². The Morgan fingerprint density at radius 1 is 1.43 bits per heavy atom. The molecule has 0 saturated carbocycles. The molecule has 1 nitrogen and oxygen atoms in total. The van der Waals surface area contributed by atoms with Gasteiger partial charge in [-0.2, -0.15) is 18.7 Å². The summed E-state index contributed by atoms with van der Waals surface area (Å²) in [6.07, 6.45) is 4.28. The maximum atomic E-state index is 2.51. The van der Waals surface area contributed by atoms with E-state index in [0.29, 0.717) is 10.8 Å². The van der Waals surface area contributed by atoms with E-state index in [2.05, 4.69) is 37.6 Å². The molecule has 0 aliphatic carbocycles. The molecule has 2 heterocycles. The van der Waals surface area contributed by atoms with Crippen LogP contribution in [0.25, 0.3) is 0 Å². The molecule has 2 aliphatic rings. The van der Waals surface area contributed by atoms with Gasteiger partial charge in [-0.25, -0.2) is 0 Å². The zero-order valence-corrected chi connectivity index (χ0v) is 13.2. The molecule has 3 heteroatoms. The second kappa shape index (κ2) is 5.16. The molecule has 0 radical (unpaired) electrons. The summed E-state index contributed by atoms with van der Waals surface area (Å²) in [4.78, 5) is 2.51. The normalized spacial score (nSPS) is 40.1. The predicted octanol–water partition coefficient (Wildman–Crippen LogP) is 2.57. The van der Waals surface area contributed by atoms with Crippen molar-refractivity contribution in [3.8, 4) is 0 Å². The van der Waals surface area contributed by atoms with Gasteiger partial charge in [0.15, 0.2) is 0 Å². The van der Waals surface area contributed by atoms with Gasteiger partial charge in [0.2, 0.25) is 0 Å². The molecular weight excluding hydrogens is 267 g/mol. The Morgan fingerprint density at radius 3 is 2.57 bits per heavy atom. The van der Waals surface area contributed by atoms with Crippen LogP contribution in [0.1, 0.15) is 33.1 Å². The minimum absolute atomic E-state index is 0. The Hall–Kier alpha value is 1.41. The largest absolute Gasteiger partial charge is 3.00 e. The Bertz CT molecular complexity index is 192. The van der Waals surface area contributed by atoms with Gasteiger partial charge in [0.25, 0.3) is 0 Å². The Kier molecular flexibility index (Phi) is 4.97. The van der Waals surface area contributed by atoms with Crippen LogP contribution in [-0.4, -0.2) is 35.0 Å². The third kappa shape index (κ3) is 2.23. The fraction of sp³-hybridized carbons (Fsp3) is 0.909. The average molecular weight is 287 g/mol. The molecule has 2 saturated heterocycles. The van der Waals surface area contributed by atoms with Gasteiger partial charge >= 0.3 is 32.7 Å². The van der Waals surface area contributed by atoms with Gasteiger partial charge in [0.1, 0.15) is 0 Å². The van der Waals surface area contributed by atoms with Crippen LogP contribution in [0.5, 0.6) is 0 Å². The van der Waals surface area contributed by atoms with E-state index in [1.165, 1.54) is 31.6 Å². The van der Waals surface area contributed by atoms with E-state index in [0.717, 1.165) is 0 Å². The predicted molar refractivity (Wildman–Crippen MR) is 60.0 cm³/mol. The first-order chi connectivity index (χ1) is 6.16. The summed E-state index contributed by atoms with van der Waals surface area (Å²) in [6.45, 7) is 6.00. The van der Waals surface area contributed by atoms with Crippen LogP contribution in [0.2, 0.25) is 0 Å². The quantitative estimate of drug-likeness (QED) is 0.630. The molecule has 0 N–H and O–H groups in total. The smallest absolute Gasteiger partial charge is 0.334 e. The van der Waals surface area contributed by atoms with E-state index in [1.807, 2.05) is 0 Å². The van der Waals surface area contributed by atoms with Crippen LogP contribution in [0.3, 0.4) is 0 Å². The first-order valence-corrected chi connectivity index (χ1v) is 6.32. The number of likely N-dealkylation sites (tertiary alicyclic amines) is 1. The van der Waals surface area contributed by atoms with E-state index >= 15 is 0 Å². The van der Waals surface area contributed by atoms with Crippen molar-refractivity contribution in [3.63, 3.8) is 0 Å².